The van der Waals surface area contributed by atoms with Crippen LogP contribution in [0.5, 0.6) is 0 Å². The van der Waals surface area contributed by atoms with Gasteiger partial charge >= 0.3 is 12.2 Å². The second kappa shape index (κ2) is 8.73. The van der Waals surface area contributed by atoms with Crippen LogP contribution in [0.1, 0.15) is 29.8 Å². The first-order chi connectivity index (χ1) is 15.3. The maximum absolute atomic E-state index is 13.2. The van der Waals surface area contributed by atoms with Crippen molar-refractivity contribution in [3.8, 4) is 0 Å². The fraction of sp³-hybridized carbons (Fsp3) is 0.429. The first kappa shape index (κ1) is 22.0. The SMILES string of the molecule is O=C(C[C@@H](CCO)C(F)(F)F)c1ccc2c(n1)N(C(=O)Nc1ccccn1)[C@H]1CCN2C1. The normalized spacial score (nSPS) is 18.3. The van der Waals surface area contributed by atoms with Crippen molar-refractivity contribution in [2.24, 2.45) is 5.92 Å². The number of rotatable bonds is 6. The van der Waals surface area contributed by atoms with Crippen LogP contribution in [0.15, 0.2) is 36.5 Å². The standard InChI is InChI=1S/C21H22F3N5O3/c22-21(23,24)13(7-10-30)11-17(31)15-4-5-16-19(26-15)29(14-6-9-28(16)12-14)20(32)27-18-3-1-2-8-25-18/h1-5,8,13-14,30H,6-7,9-12H2,(H,25,27,32)/t13-,14+/m1/s1. The molecule has 170 valence electrons. The van der Waals surface area contributed by atoms with Gasteiger partial charge in [0.25, 0.3) is 0 Å². The lowest BCUT2D eigenvalue weighted by atomic mass is 9.97. The third kappa shape index (κ3) is 4.38. The van der Waals surface area contributed by atoms with Crippen LogP contribution in [-0.2, 0) is 0 Å². The van der Waals surface area contributed by atoms with E-state index in [2.05, 4.69) is 15.3 Å². The maximum Gasteiger partial charge on any atom is 0.392 e. The first-order valence-electron chi connectivity index (χ1n) is 10.3. The lowest BCUT2D eigenvalue weighted by Crippen LogP contribution is -2.48. The number of nitrogens with zero attached hydrogens (tertiary/aromatic N) is 4. The lowest BCUT2D eigenvalue weighted by Gasteiger charge is -2.35. The van der Waals surface area contributed by atoms with Crippen LogP contribution in [0.2, 0.25) is 0 Å². The number of fused-ring (bicyclic) bond motifs is 4. The summed E-state index contributed by atoms with van der Waals surface area (Å²) < 4.78 is 39.6. The summed E-state index contributed by atoms with van der Waals surface area (Å²) in [5.41, 5.74) is 0.503. The summed E-state index contributed by atoms with van der Waals surface area (Å²) >= 11 is 0. The summed E-state index contributed by atoms with van der Waals surface area (Å²) in [7, 11) is 0. The number of Topliss-reactive ketones (excluding diaryl/α,β-unsaturated/α-hetero) is 1. The van der Waals surface area contributed by atoms with Crippen LogP contribution in [-0.4, -0.2) is 58.8 Å². The number of carbonyl (C=O) groups excluding carboxylic acids is 2. The molecule has 2 aliphatic rings. The number of carbonyl (C=O) groups is 2. The highest BCUT2D eigenvalue weighted by molar-refractivity contribution is 6.05. The highest BCUT2D eigenvalue weighted by atomic mass is 19.4. The van der Waals surface area contributed by atoms with E-state index in [9.17, 15) is 22.8 Å². The predicted molar refractivity (Wildman–Crippen MR) is 111 cm³/mol. The summed E-state index contributed by atoms with van der Waals surface area (Å²) in [5.74, 6) is -2.16. The van der Waals surface area contributed by atoms with Crippen molar-refractivity contribution in [3.05, 3.63) is 42.2 Å². The Bertz CT molecular complexity index is 1000. The Hall–Kier alpha value is -3.21. The molecule has 2 aliphatic heterocycles. The van der Waals surface area contributed by atoms with Crippen molar-refractivity contribution in [3.63, 3.8) is 0 Å². The highest BCUT2D eigenvalue weighted by Gasteiger charge is 2.42. The van der Waals surface area contributed by atoms with Crippen LogP contribution in [0.4, 0.5) is 35.3 Å². The molecule has 0 unspecified atom stereocenters. The number of urea groups is 1. The molecule has 32 heavy (non-hydrogen) atoms. The lowest BCUT2D eigenvalue weighted by molar-refractivity contribution is -0.177. The van der Waals surface area contributed by atoms with E-state index in [4.69, 9.17) is 5.11 Å². The van der Waals surface area contributed by atoms with Gasteiger partial charge in [-0.2, -0.15) is 13.2 Å². The molecule has 8 nitrogen and oxygen atoms in total. The van der Waals surface area contributed by atoms with Crippen molar-refractivity contribution in [2.75, 3.05) is 34.8 Å². The molecule has 4 heterocycles. The Morgan fingerprint density at radius 1 is 1.25 bits per heavy atom. The summed E-state index contributed by atoms with van der Waals surface area (Å²) in [4.78, 5) is 37.6. The Balaban J connectivity index is 1.62. The highest BCUT2D eigenvalue weighted by Crippen LogP contribution is 2.39. The van der Waals surface area contributed by atoms with E-state index in [0.717, 1.165) is 0 Å². The minimum atomic E-state index is -4.61. The van der Waals surface area contributed by atoms with Gasteiger partial charge in [0.15, 0.2) is 11.6 Å². The molecule has 0 aliphatic carbocycles. The third-order valence-corrected chi connectivity index (χ3v) is 5.73. The average molecular weight is 449 g/mol. The number of halogens is 3. The van der Waals surface area contributed by atoms with E-state index in [1.165, 1.54) is 17.2 Å². The average Bonchev–Trinajstić information content (AvgIpc) is 3.17. The number of hydrogen-bond donors (Lipinski definition) is 2. The Morgan fingerprint density at radius 2 is 2.06 bits per heavy atom. The number of amides is 2. The smallest absolute Gasteiger partial charge is 0.392 e. The van der Waals surface area contributed by atoms with Gasteiger partial charge in [-0.25, -0.2) is 14.8 Å². The molecule has 4 rings (SSSR count). The van der Waals surface area contributed by atoms with Crippen LogP contribution in [0.25, 0.3) is 0 Å². The van der Waals surface area contributed by atoms with Gasteiger partial charge < -0.3 is 10.0 Å². The fourth-order valence-corrected chi connectivity index (χ4v) is 4.10. The number of alkyl halides is 3. The molecule has 2 aromatic rings. The number of anilines is 3. The van der Waals surface area contributed by atoms with Gasteiger partial charge in [0.1, 0.15) is 11.5 Å². The van der Waals surface area contributed by atoms with Gasteiger partial charge in [-0.1, -0.05) is 6.07 Å². The molecule has 2 amide bonds. The second-order valence-electron chi connectivity index (χ2n) is 7.82. The van der Waals surface area contributed by atoms with Gasteiger partial charge in [-0.3, -0.25) is 15.0 Å². The van der Waals surface area contributed by atoms with Gasteiger partial charge in [0, 0.05) is 32.3 Å². The van der Waals surface area contributed by atoms with E-state index in [1.54, 1.807) is 24.3 Å². The molecule has 2 bridgehead atoms. The molecule has 0 saturated carbocycles. The fourth-order valence-electron chi connectivity index (χ4n) is 4.10. The zero-order valence-electron chi connectivity index (χ0n) is 17.0. The number of aromatic nitrogens is 2. The van der Waals surface area contributed by atoms with E-state index in [1.807, 2.05) is 4.90 Å². The Morgan fingerprint density at radius 3 is 2.75 bits per heavy atom. The van der Waals surface area contributed by atoms with E-state index in [-0.39, 0.29) is 17.6 Å². The Kier molecular flexibility index (Phi) is 6.00. The number of ketones is 1. The van der Waals surface area contributed by atoms with E-state index < -0.39 is 43.4 Å². The maximum atomic E-state index is 13.2. The van der Waals surface area contributed by atoms with E-state index in [0.29, 0.717) is 31.0 Å². The molecule has 0 radical (unpaired) electrons. The topological polar surface area (TPSA) is 98.7 Å². The molecule has 11 heteroatoms. The summed E-state index contributed by atoms with van der Waals surface area (Å²) in [5, 5.41) is 11.6. The number of aliphatic hydroxyl groups excluding tert-OH is 1. The Labute approximate surface area is 182 Å². The van der Waals surface area contributed by atoms with Crippen molar-refractivity contribution in [1.29, 1.82) is 0 Å². The number of pyridine rings is 2. The second-order valence-corrected chi connectivity index (χ2v) is 7.82. The molecule has 1 saturated heterocycles. The molecular weight excluding hydrogens is 427 g/mol. The summed E-state index contributed by atoms with van der Waals surface area (Å²) in [6, 6.07) is 7.43. The molecule has 1 fully saturated rings. The van der Waals surface area contributed by atoms with Crippen molar-refractivity contribution in [2.45, 2.75) is 31.5 Å². The zero-order valence-corrected chi connectivity index (χ0v) is 17.0. The zero-order chi connectivity index (χ0) is 22.9. The monoisotopic (exact) mass is 449 g/mol. The summed E-state index contributed by atoms with van der Waals surface area (Å²) in [6.45, 7) is 0.629. The van der Waals surface area contributed by atoms with Gasteiger partial charge in [-0.05, 0) is 37.1 Å². The van der Waals surface area contributed by atoms with Crippen molar-refractivity contribution < 1.29 is 27.9 Å². The summed E-state index contributed by atoms with van der Waals surface area (Å²) in [6.07, 6.45) is -3.75. The molecule has 2 N–H and O–H groups in total. The first-order valence-corrected chi connectivity index (χ1v) is 10.3. The molecule has 2 aromatic heterocycles. The quantitative estimate of drug-likeness (QED) is 0.657. The number of nitrogens with one attached hydrogen (secondary N) is 1. The number of aliphatic hydroxyl groups is 1. The van der Waals surface area contributed by atoms with E-state index >= 15 is 0 Å². The van der Waals surface area contributed by atoms with Crippen molar-refractivity contribution in [1.82, 2.24) is 9.97 Å². The van der Waals surface area contributed by atoms with Gasteiger partial charge in [0.2, 0.25) is 0 Å². The molecule has 0 spiro atoms. The minimum Gasteiger partial charge on any atom is -0.396 e. The van der Waals surface area contributed by atoms with Gasteiger partial charge in [0.05, 0.1) is 17.6 Å². The third-order valence-electron chi connectivity index (χ3n) is 5.73. The van der Waals surface area contributed by atoms with Crippen LogP contribution in [0.3, 0.4) is 0 Å². The molecule has 2 atom stereocenters. The van der Waals surface area contributed by atoms with Crippen LogP contribution < -0.4 is 15.1 Å². The van der Waals surface area contributed by atoms with Crippen LogP contribution in [0, 0.1) is 5.92 Å². The predicted octanol–water partition coefficient (Wildman–Crippen LogP) is 3.24. The molecular formula is C21H22F3N5O3. The minimum absolute atomic E-state index is 0.144. The molecule has 0 aromatic carbocycles. The van der Waals surface area contributed by atoms with Gasteiger partial charge in [-0.15, -0.1) is 0 Å². The van der Waals surface area contributed by atoms with Crippen LogP contribution >= 0.6 is 0 Å². The van der Waals surface area contributed by atoms with Crippen molar-refractivity contribution >= 4 is 29.1 Å². The largest absolute Gasteiger partial charge is 0.396 e. The number of hydrogen-bond acceptors (Lipinski definition) is 6.